The molecule has 3 aromatic rings. The maximum Gasteiger partial charge on any atom is 0.270 e. The summed E-state index contributed by atoms with van der Waals surface area (Å²) in [5, 5.41) is 23.9. The van der Waals surface area contributed by atoms with Gasteiger partial charge in [0.2, 0.25) is 17.3 Å². The highest BCUT2D eigenvalue weighted by Crippen LogP contribution is 2.41. The number of nitro groups is 1. The van der Waals surface area contributed by atoms with Crippen LogP contribution in [0.5, 0.6) is 11.6 Å². The first-order valence-corrected chi connectivity index (χ1v) is 11.8. The number of unbranched alkanes of at least 4 members (excludes halogenated alkanes) is 3. The molecule has 33 heavy (non-hydrogen) atoms. The zero-order valence-corrected chi connectivity index (χ0v) is 19.3. The average molecular weight is 468 g/mol. The lowest BCUT2D eigenvalue weighted by Gasteiger charge is -2.21. The minimum atomic E-state index is -0.777. The number of thioether (sulfide) groups is 1. The molecule has 0 unspecified atom stereocenters. The molecule has 0 saturated heterocycles. The molecule has 9 nitrogen and oxygen atoms in total. The van der Waals surface area contributed by atoms with Gasteiger partial charge >= 0.3 is 0 Å². The number of fused-ring (bicyclic) bond motifs is 3. The lowest BCUT2D eigenvalue weighted by Crippen LogP contribution is -2.18. The number of anilines is 1. The molecule has 172 valence electrons. The quantitative estimate of drug-likeness (QED) is 0.185. The van der Waals surface area contributed by atoms with Crippen molar-refractivity contribution in [2.75, 3.05) is 18.2 Å². The summed E-state index contributed by atoms with van der Waals surface area (Å²) in [6.45, 7) is 2.18. The van der Waals surface area contributed by atoms with Crippen LogP contribution < -0.4 is 14.8 Å². The van der Waals surface area contributed by atoms with Crippen LogP contribution in [0.2, 0.25) is 0 Å². The Morgan fingerprint density at radius 3 is 2.82 bits per heavy atom. The molecule has 1 aromatic heterocycles. The van der Waals surface area contributed by atoms with Crippen molar-refractivity contribution in [3.8, 4) is 22.9 Å². The molecule has 1 atom stereocenters. The van der Waals surface area contributed by atoms with Crippen LogP contribution in [0.4, 0.5) is 11.4 Å². The Morgan fingerprint density at radius 1 is 1.18 bits per heavy atom. The van der Waals surface area contributed by atoms with Crippen LogP contribution in [0.3, 0.4) is 0 Å². The van der Waals surface area contributed by atoms with Crippen molar-refractivity contribution in [1.29, 1.82) is 0 Å². The van der Waals surface area contributed by atoms with Gasteiger partial charge in [0.15, 0.2) is 5.69 Å². The third-order valence-corrected chi connectivity index (χ3v) is 6.19. The second-order valence-electron chi connectivity index (χ2n) is 7.53. The highest BCUT2D eigenvalue weighted by atomic mass is 32.2. The van der Waals surface area contributed by atoms with E-state index in [9.17, 15) is 10.1 Å². The van der Waals surface area contributed by atoms with Gasteiger partial charge in [0.05, 0.1) is 17.6 Å². The number of ether oxygens (including phenoxy) is 2. The molecule has 0 amide bonds. The third-order valence-electron chi connectivity index (χ3n) is 5.27. The molecular formula is C23H25N5O4S. The summed E-state index contributed by atoms with van der Waals surface area (Å²) >= 11 is 1.54. The number of hydrogen-bond donors (Lipinski definition) is 1. The molecule has 0 radical (unpaired) electrons. The fourth-order valence-corrected chi connectivity index (χ4v) is 4.36. The van der Waals surface area contributed by atoms with E-state index in [1.165, 1.54) is 38.5 Å². The van der Waals surface area contributed by atoms with Gasteiger partial charge in [-0.2, -0.15) is 4.98 Å². The molecule has 0 bridgehead atoms. The van der Waals surface area contributed by atoms with E-state index in [0.29, 0.717) is 28.0 Å². The van der Waals surface area contributed by atoms with Gasteiger partial charge in [-0.25, -0.2) is 0 Å². The Balaban J connectivity index is 1.70. The molecule has 10 heteroatoms. The first-order chi connectivity index (χ1) is 16.1. The molecular weight excluding hydrogens is 442 g/mol. The van der Waals surface area contributed by atoms with Gasteiger partial charge in [0.1, 0.15) is 5.75 Å². The van der Waals surface area contributed by atoms with Gasteiger partial charge < -0.3 is 14.8 Å². The summed E-state index contributed by atoms with van der Waals surface area (Å²) in [5.74, 6) is 1.68. The number of non-ortho nitro benzene ring substituents is 1. The van der Waals surface area contributed by atoms with Crippen LogP contribution in [0.1, 0.15) is 44.4 Å². The van der Waals surface area contributed by atoms with Crippen molar-refractivity contribution in [1.82, 2.24) is 15.2 Å². The van der Waals surface area contributed by atoms with Crippen LogP contribution in [0.15, 0.2) is 47.6 Å². The number of nitrogens with one attached hydrogen (secondary N) is 1. The molecule has 1 N–H and O–H groups in total. The van der Waals surface area contributed by atoms with Crippen molar-refractivity contribution in [2.24, 2.45) is 0 Å². The van der Waals surface area contributed by atoms with Gasteiger partial charge in [-0.1, -0.05) is 56.1 Å². The van der Waals surface area contributed by atoms with E-state index in [-0.39, 0.29) is 5.69 Å². The first-order valence-electron chi connectivity index (χ1n) is 10.8. The Hall–Kier alpha value is -3.40. The predicted molar refractivity (Wildman–Crippen MR) is 127 cm³/mol. The fraction of sp³-hybridized carbons (Fsp3) is 0.348. The van der Waals surface area contributed by atoms with Crippen molar-refractivity contribution in [3.63, 3.8) is 0 Å². The summed E-state index contributed by atoms with van der Waals surface area (Å²) < 4.78 is 11.7. The largest absolute Gasteiger partial charge is 0.496 e. The topological polar surface area (TPSA) is 112 Å². The summed E-state index contributed by atoms with van der Waals surface area (Å²) in [4.78, 5) is 15.6. The first kappa shape index (κ1) is 22.8. The summed E-state index contributed by atoms with van der Waals surface area (Å²) in [6, 6.07) is 12.0. The highest BCUT2D eigenvalue weighted by Gasteiger charge is 2.29. The molecule has 0 aliphatic carbocycles. The normalized spacial score (nSPS) is 14.3. The Kier molecular flexibility index (Phi) is 7.23. The Labute approximate surface area is 196 Å². The van der Waals surface area contributed by atoms with Crippen LogP contribution in [-0.4, -0.2) is 33.0 Å². The fourth-order valence-electron chi connectivity index (χ4n) is 3.58. The number of rotatable bonds is 9. The zero-order chi connectivity index (χ0) is 23.2. The van der Waals surface area contributed by atoms with E-state index in [2.05, 4.69) is 27.4 Å². The maximum absolute atomic E-state index is 11.4. The van der Waals surface area contributed by atoms with Crippen molar-refractivity contribution in [2.45, 2.75) is 44.0 Å². The second kappa shape index (κ2) is 10.5. The van der Waals surface area contributed by atoms with E-state index in [1.807, 2.05) is 24.3 Å². The van der Waals surface area contributed by atoms with Crippen LogP contribution >= 0.6 is 11.8 Å². The maximum atomic E-state index is 11.4. The van der Waals surface area contributed by atoms with Crippen LogP contribution in [0, 0.1) is 10.1 Å². The average Bonchev–Trinajstić information content (AvgIpc) is 3.00. The van der Waals surface area contributed by atoms with Gasteiger partial charge in [-0.05, 0) is 18.6 Å². The summed E-state index contributed by atoms with van der Waals surface area (Å²) in [7, 11) is 1.51. The lowest BCUT2D eigenvalue weighted by atomic mass is 10.1. The summed E-state index contributed by atoms with van der Waals surface area (Å²) in [5.41, 5.74) is 2.49. The number of benzene rings is 2. The third kappa shape index (κ3) is 5.16. The lowest BCUT2D eigenvalue weighted by molar-refractivity contribution is -0.385. The van der Waals surface area contributed by atoms with E-state index < -0.39 is 11.2 Å². The number of nitro benzene ring substituents is 1. The predicted octanol–water partition coefficient (Wildman–Crippen LogP) is 5.63. The number of methoxy groups -OCH3 is 1. The molecule has 0 spiro atoms. The number of aromatic nitrogens is 3. The van der Waals surface area contributed by atoms with Gasteiger partial charge in [-0.15, -0.1) is 10.2 Å². The zero-order valence-electron chi connectivity index (χ0n) is 18.5. The minimum absolute atomic E-state index is 0.0573. The Morgan fingerprint density at radius 2 is 2.03 bits per heavy atom. The number of nitrogens with zero attached hydrogens (tertiary/aromatic N) is 4. The standard InChI is InChI=1S/C23H25N5O4S/c1-3-4-5-8-13-33-23-25-22-20(26-27-23)16-9-6-7-10-18(16)24-21(32-22)17-14-15(28(29)30)11-12-19(17)31-2/h6-7,9-12,14,21,24H,3-5,8,13H2,1-2H3/t21-/m1/s1. The van der Waals surface area contributed by atoms with Gasteiger partial charge in [0, 0.05) is 29.1 Å². The summed E-state index contributed by atoms with van der Waals surface area (Å²) in [6.07, 6.45) is 3.87. The van der Waals surface area contributed by atoms with E-state index in [1.54, 1.807) is 17.8 Å². The SMILES string of the molecule is CCCCCCSc1nnc2c(n1)O[C@H](c1cc([N+](=O)[O-])ccc1OC)Nc1ccccc1-2. The van der Waals surface area contributed by atoms with Crippen LogP contribution in [-0.2, 0) is 0 Å². The monoisotopic (exact) mass is 467 g/mol. The molecule has 2 aromatic carbocycles. The number of hydrogen-bond acceptors (Lipinski definition) is 9. The molecule has 0 fully saturated rings. The van der Waals surface area contributed by atoms with Crippen LogP contribution in [0.25, 0.3) is 11.3 Å². The number of para-hydroxylation sites is 1. The van der Waals surface area contributed by atoms with E-state index >= 15 is 0 Å². The van der Waals surface area contributed by atoms with Crippen molar-refractivity contribution in [3.05, 3.63) is 58.1 Å². The molecule has 2 heterocycles. The minimum Gasteiger partial charge on any atom is -0.496 e. The Bertz CT molecular complexity index is 1140. The molecule has 4 rings (SSSR count). The van der Waals surface area contributed by atoms with Crippen molar-refractivity contribution >= 4 is 23.1 Å². The second-order valence-corrected chi connectivity index (χ2v) is 8.59. The molecule has 1 aliphatic rings. The van der Waals surface area contributed by atoms with E-state index in [4.69, 9.17) is 9.47 Å². The smallest absolute Gasteiger partial charge is 0.270 e. The molecule has 0 saturated carbocycles. The van der Waals surface area contributed by atoms with Crippen molar-refractivity contribution < 1.29 is 14.4 Å². The highest BCUT2D eigenvalue weighted by molar-refractivity contribution is 7.99. The molecule has 1 aliphatic heterocycles. The van der Waals surface area contributed by atoms with E-state index in [0.717, 1.165) is 23.4 Å². The van der Waals surface area contributed by atoms with Gasteiger partial charge in [0.25, 0.3) is 5.69 Å². The van der Waals surface area contributed by atoms with Gasteiger partial charge in [-0.3, -0.25) is 10.1 Å².